The third-order valence-electron chi connectivity index (χ3n) is 8.36. The van der Waals surface area contributed by atoms with Gasteiger partial charge < -0.3 is 26.2 Å². The van der Waals surface area contributed by atoms with Crippen molar-refractivity contribution >= 4 is 11.6 Å². The van der Waals surface area contributed by atoms with Gasteiger partial charge in [0.2, 0.25) is 5.91 Å². The van der Waals surface area contributed by atoms with Gasteiger partial charge in [0.05, 0.1) is 11.5 Å². The summed E-state index contributed by atoms with van der Waals surface area (Å²) in [7, 11) is 1.67. The van der Waals surface area contributed by atoms with Crippen molar-refractivity contribution in [3.05, 3.63) is 105 Å². The first kappa shape index (κ1) is 27.9. The van der Waals surface area contributed by atoms with Gasteiger partial charge in [-0.1, -0.05) is 31.4 Å². The molecule has 0 bridgehead atoms. The Bertz CT molecular complexity index is 1560. The number of nitrogens with zero attached hydrogens (tertiary/aromatic N) is 4. The molecule has 0 saturated carbocycles. The van der Waals surface area contributed by atoms with E-state index in [-0.39, 0.29) is 6.04 Å². The maximum atomic E-state index is 12.5. The van der Waals surface area contributed by atoms with Gasteiger partial charge >= 0.3 is 5.76 Å². The Labute approximate surface area is 238 Å². The van der Waals surface area contributed by atoms with Crippen molar-refractivity contribution in [3.8, 4) is 6.07 Å². The highest BCUT2D eigenvalue weighted by molar-refractivity contribution is 5.93. The quantitative estimate of drug-likeness (QED) is 0.341. The largest absolute Gasteiger partial charge is 0.459 e. The highest BCUT2D eigenvalue weighted by Gasteiger charge is 2.45. The molecule has 1 aromatic heterocycles. The van der Waals surface area contributed by atoms with Crippen molar-refractivity contribution in [3.63, 3.8) is 0 Å². The molecule has 5 N–H and O–H groups in total. The van der Waals surface area contributed by atoms with Crippen LogP contribution in [0.15, 0.2) is 64.6 Å². The second-order valence-electron chi connectivity index (χ2n) is 10.8. The molecule has 2 aromatic carbocycles. The Hall–Kier alpha value is -4.62. The van der Waals surface area contributed by atoms with Gasteiger partial charge in [0, 0.05) is 37.1 Å². The van der Waals surface area contributed by atoms with E-state index in [0.29, 0.717) is 49.4 Å². The molecule has 10 heteroatoms. The average molecular weight is 554 g/mol. The van der Waals surface area contributed by atoms with Gasteiger partial charge in [-0.3, -0.25) is 4.79 Å². The smallest absolute Gasteiger partial charge is 0.399 e. The third kappa shape index (κ3) is 5.05. The minimum absolute atomic E-state index is 0.146. The topological polar surface area (TPSA) is 156 Å². The number of nitriles is 1. The number of benzene rings is 2. The van der Waals surface area contributed by atoms with E-state index < -0.39 is 17.1 Å². The average Bonchev–Trinajstić information content (AvgIpc) is 3.54. The molecule has 10 nitrogen and oxygen atoms in total. The third-order valence-corrected chi connectivity index (χ3v) is 8.36. The van der Waals surface area contributed by atoms with E-state index in [9.17, 15) is 14.9 Å². The van der Waals surface area contributed by atoms with Crippen LogP contribution in [0.25, 0.3) is 5.70 Å². The molecule has 2 heterocycles. The molecule has 2 atom stereocenters. The standard InChI is InChI=1S/C31H35N7O3/c1-19(38-14-4-5-25(38)17-32)18-35-13-12-31(29-36-30(40)41-37(29)3)26-10-8-21(20(2)33)15-22(26)6-7-23-16-24(28(34)39)9-11-27(23)31/h8-11,15-16,25,35H,1-2,4-7,12-14,18,33H2,3H3,(H2,34,39). The van der Waals surface area contributed by atoms with Crippen LogP contribution in [0, 0.1) is 11.3 Å². The number of primary amides is 1. The summed E-state index contributed by atoms with van der Waals surface area (Å²) in [6.45, 7) is 10.0. The summed E-state index contributed by atoms with van der Waals surface area (Å²) in [4.78, 5) is 31.0. The number of carbonyl (C=O) groups is 1. The van der Waals surface area contributed by atoms with Gasteiger partial charge in [0.25, 0.3) is 0 Å². The molecule has 1 aliphatic carbocycles. The molecular formula is C31H35N7O3. The molecule has 1 aliphatic heterocycles. The van der Waals surface area contributed by atoms with Crippen molar-refractivity contribution in [1.29, 1.82) is 5.26 Å². The highest BCUT2D eigenvalue weighted by Crippen LogP contribution is 2.46. The molecule has 5 rings (SSSR count). The lowest BCUT2D eigenvalue weighted by molar-refractivity contribution is 0.1000. The van der Waals surface area contributed by atoms with Gasteiger partial charge in [-0.05, 0) is 84.7 Å². The molecule has 1 saturated heterocycles. The first-order valence-electron chi connectivity index (χ1n) is 13.8. The highest BCUT2D eigenvalue weighted by atomic mass is 16.5. The van der Waals surface area contributed by atoms with Crippen molar-refractivity contribution in [2.24, 2.45) is 18.5 Å². The summed E-state index contributed by atoms with van der Waals surface area (Å²) in [5.74, 6) is -0.732. The van der Waals surface area contributed by atoms with E-state index in [2.05, 4.69) is 34.4 Å². The minimum atomic E-state index is -0.899. The fourth-order valence-electron chi connectivity index (χ4n) is 6.41. The van der Waals surface area contributed by atoms with Gasteiger partial charge in [-0.25, -0.2) is 4.79 Å². The van der Waals surface area contributed by atoms with Crippen LogP contribution in [-0.2, 0) is 25.3 Å². The summed E-state index contributed by atoms with van der Waals surface area (Å²) >= 11 is 0. The monoisotopic (exact) mass is 553 g/mol. The Morgan fingerprint density at radius 3 is 2.41 bits per heavy atom. The van der Waals surface area contributed by atoms with Crippen molar-refractivity contribution < 1.29 is 9.32 Å². The molecule has 2 unspecified atom stereocenters. The van der Waals surface area contributed by atoms with Crippen LogP contribution in [0.4, 0.5) is 0 Å². The van der Waals surface area contributed by atoms with Crippen LogP contribution in [0.1, 0.15) is 63.3 Å². The predicted octanol–water partition coefficient (Wildman–Crippen LogP) is 2.32. The number of rotatable bonds is 9. The lowest BCUT2D eigenvalue weighted by Crippen LogP contribution is -2.39. The van der Waals surface area contributed by atoms with E-state index in [1.54, 1.807) is 13.1 Å². The molecule has 212 valence electrons. The molecule has 1 fully saturated rings. The maximum Gasteiger partial charge on any atom is 0.459 e. The first-order chi connectivity index (χ1) is 19.6. The van der Waals surface area contributed by atoms with E-state index in [1.807, 2.05) is 30.3 Å². The second-order valence-corrected chi connectivity index (χ2v) is 10.8. The SMILES string of the molecule is C=C(N)c1ccc2c(c1)CCc1cc(C(N)=O)ccc1C2(CCNCC(=C)N1CCCC1C#N)c1nc(=O)on1C. The predicted molar refractivity (Wildman–Crippen MR) is 156 cm³/mol. The zero-order valence-corrected chi connectivity index (χ0v) is 23.3. The van der Waals surface area contributed by atoms with Gasteiger partial charge in [-0.15, -0.1) is 0 Å². The number of aryl methyl sites for hydroxylation is 3. The van der Waals surface area contributed by atoms with Crippen LogP contribution in [0.5, 0.6) is 0 Å². The summed E-state index contributed by atoms with van der Waals surface area (Å²) in [5.41, 5.74) is 17.3. The lowest BCUT2D eigenvalue weighted by Gasteiger charge is -2.36. The fraction of sp³-hybridized carbons (Fsp3) is 0.355. The Morgan fingerprint density at radius 1 is 1.17 bits per heavy atom. The number of hydrogen-bond acceptors (Lipinski definition) is 8. The van der Waals surface area contributed by atoms with Crippen LogP contribution in [0.2, 0.25) is 0 Å². The molecule has 41 heavy (non-hydrogen) atoms. The fourth-order valence-corrected chi connectivity index (χ4v) is 6.41. The summed E-state index contributed by atoms with van der Waals surface area (Å²) < 4.78 is 6.82. The summed E-state index contributed by atoms with van der Waals surface area (Å²) in [5, 5.41) is 13.0. The maximum absolute atomic E-state index is 12.5. The van der Waals surface area contributed by atoms with Crippen LogP contribution in [0.3, 0.4) is 0 Å². The number of fused-ring (bicyclic) bond motifs is 2. The van der Waals surface area contributed by atoms with Gasteiger partial charge in [0.15, 0.2) is 5.82 Å². The number of nitrogens with one attached hydrogen (secondary N) is 1. The zero-order chi connectivity index (χ0) is 29.3. The van der Waals surface area contributed by atoms with Crippen molar-refractivity contribution in [2.45, 2.75) is 43.6 Å². The minimum Gasteiger partial charge on any atom is -0.399 e. The summed E-state index contributed by atoms with van der Waals surface area (Å²) in [6.07, 6.45) is 3.65. The van der Waals surface area contributed by atoms with Crippen LogP contribution in [-0.4, -0.2) is 46.2 Å². The molecular weight excluding hydrogens is 518 g/mol. The molecule has 0 spiro atoms. The van der Waals surface area contributed by atoms with Crippen molar-refractivity contribution in [1.82, 2.24) is 19.9 Å². The number of aromatic nitrogens is 2. The normalized spacial score (nSPS) is 19.6. The molecule has 0 radical (unpaired) electrons. The Morgan fingerprint density at radius 2 is 1.83 bits per heavy atom. The van der Waals surface area contributed by atoms with Crippen LogP contribution < -0.4 is 22.5 Å². The molecule has 1 amide bonds. The van der Waals surface area contributed by atoms with E-state index in [4.69, 9.17) is 16.0 Å². The Kier molecular flexibility index (Phi) is 7.56. The number of likely N-dealkylation sites (tertiary alicyclic amines) is 1. The zero-order valence-electron chi connectivity index (χ0n) is 23.3. The number of hydrogen-bond donors (Lipinski definition) is 3. The molecule has 2 aliphatic rings. The van der Waals surface area contributed by atoms with Crippen molar-refractivity contribution in [2.75, 3.05) is 19.6 Å². The lowest BCUT2D eigenvalue weighted by atomic mass is 9.69. The molecule has 3 aromatic rings. The number of amides is 1. The first-order valence-corrected chi connectivity index (χ1v) is 13.8. The summed E-state index contributed by atoms with van der Waals surface area (Å²) in [6, 6.07) is 13.7. The van der Waals surface area contributed by atoms with E-state index in [1.165, 1.54) is 4.74 Å². The van der Waals surface area contributed by atoms with Gasteiger partial charge in [-0.2, -0.15) is 15.0 Å². The van der Waals surface area contributed by atoms with E-state index >= 15 is 0 Å². The second kappa shape index (κ2) is 11.1. The van der Waals surface area contributed by atoms with E-state index in [0.717, 1.165) is 52.9 Å². The Balaban J connectivity index is 1.61. The van der Waals surface area contributed by atoms with Crippen LogP contribution >= 0.6 is 0 Å². The number of carbonyl (C=O) groups excluding carboxylic acids is 1. The van der Waals surface area contributed by atoms with Gasteiger partial charge in [0.1, 0.15) is 6.04 Å². The number of nitrogens with two attached hydrogens (primary N) is 2.